The van der Waals surface area contributed by atoms with Gasteiger partial charge >= 0.3 is 11.8 Å². The SMILES string of the molecule is Cc1ccccc1CNC(=O)C(=O)Nc1ccc(Cl)c(Cl)c1. The quantitative estimate of drug-likeness (QED) is 0.842. The Balaban J connectivity index is 1.93. The summed E-state index contributed by atoms with van der Waals surface area (Å²) in [5.74, 6) is -1.47. The summed E-state index contributed by atoms with van der Waals surface area (Å²) >= 11 is 11.6. The van der Waals surface area contributed by atoms with E-state index in [-0.39, 0.29) is 0 Å². The molecule has 0 unspecified atom stereocenters. The molecule has 2 rings (SSSR count). The van der Waals surface area contributed by atoms with Crippen molar-refractivity contribution >= 4 is 40.7 Å². The van der Waals surface area contributed by atoms with Gasteiger partial charge in [-0.1, -0.05) is 47.5 Å². The second-order valence-electron chi connectivity index (χ2n) is 4.69. The Bertz CT molecular complexity index is 717. The van der Waals surface area contributed by atoms with Crippen molar-refractivity contribution in [2.45, 2.75) is 13.5 Å². The fourth-order valence-corrected chi connectivity index (χ4v) is 2.12. The lowest BCUT2D eigenvalue weighted by Gasteiger charge is -2.09. The van der Waals surface area contributed by atoms with Gasteiger partial charge in [-0.25, -0.2) is 0 Å². The van der Waals surface area contributed by atoms with Crippen molar-refractivity contribution in [2.75, 3.05) is 5.32 Å². The molecule has 0 radical (unpaired) electrons. The summed E-state index contributed by atoms with van der Waals surface area (Å²) < 4.78 is 0. The molecule has 22 heavy (non-hydrogen) atoms. The van der Waals surface area contributed by atoms with E-state index in [4.69, 9.17) is 23.2 Å². The van der Waals surface area contributed by atoms with E-state index < -0.39 is 11.8 Å². The van der Waals surface area contributed by atoms with Crippen molar-refractivity contribution in [1.29, 1.82) is 0 Å². The number of aryl methyl sites for hydroxylation is 1. The maximum atomic E-state index is 11.8. The number of carbonyl (C=O) groups excluding carboxylic acids is 2. The third-order valence-electron chi connectivity index (χ3n) is 3.08. The number of hydrogen-bond acceptors (Lipinski definition) is 2. The second kappa shape index (κ2) is 7.29. The number of nitrogens with one attached hydrogen (secondary N) is 2. The second-order valence-corrected chi connectivity index (χ2v) is 5.51. The van der Waals surface area contributed by atoms with Crippen LogP contribution in [0.3, 0.4) is 0 Å². The van der Waals surface area contributed by atoms with E-state index in [0.717, 1.165) is 11.1 Å². The van der Waals surface area contributed by atoms with Gasteiger partial charge in [0.1, 0.15) is 0 Å². The van der Waals surface area contributed by atoms with Crippen molar-refractivity contribution in [3.63, 3.8) is 0 Å². The Morgan fingerprint density at radius 1 is 1.00 bits per heavy atom. The Hall–Kier alpha value is -2.04. The van der Waals surface area contributed by atoms with Crippen LogP contribution in [0, 0.1) is 6.92 Å². The number of anilines is 1. The first kappa shape index (κ1) is 16.3. The van der Waals surface area contributed by atoms with Crippen LogP contribution in [0.2, 0.25) is 10.0 Å². The minimum absolute atomic E-state index is 0.292. The zero-order valence-corrected chi connectivity index (χ0v) is 13.3. The molecule has 0 aliphatic carbocycles. The van der Waals surface area contributed by atoms with Crippen LogP contribution in [0.15, 0.2) is 42.5 Å². The maximum Gasteiger partial charge on any atom is 0.313 e. The van der Waals surface area contributed by atoms with Gasteiger partial charge < -0.3 is 10.6 Å². The topological polar surface area (TPSA) is 58.2 Å². The molecule has 0 bridgehead atoms. The molecule has 0 aliphatic rings. The number of amides is 2. The summed E-state index contributed by atoms with van der Waals surface area (Å²) in [5, 5.41) is 5.73. The molecule has 4 nitrogen and oxygen atoms in total. The molecule has 2 amide bonds. The summed E-state index contributed by atoms with van der Waals surface area (Å²) in [6, 6.07) is 12.2. The minimum atomic E-state index is -0.757. The van der Waals surface area contributed by atoms with Gasteiger partial charge in [0.15, 0.2) is 0 Å². The summed E-state index contributed by atoms with van der Waals surface area (Å²) in [6.45, 7) is 2.23. The number of hydrogen-bond donors (Lipinski definition) is 2. The normalized spacial score (nSPS) is 10.1. The van der Waals surface area contributed by atoms with Crippen LogP contribution in [0.1, 0.15) is 11.1 Å². The van der Waals surface area contributed by atoms with Gasteiger partial charge in [0, 0.05) is 12.2 Å². The first-order chi connectivity index (χ1) is 10.5. The lowest BCUT2D eigenvalue weighted by Crippen LogP contribution is -2.35. The monoisotopic (exact) mass is 336 g/mol. The molecule has 0 saturated carbocycles. The first-order valence-electron chi connectivity index (χ1n) is 6.56. The third kappa shape index (κ3) is 4.23. The molecule has 0 saturated heterocycles. The van der Waals surface area contributed by atoms with Gasteiger partial charge in [-0.15, -0.1) is 0 Å². The smallest absolute Gasteiger partial charge is 0.313 e. The molecular formula is C16H14Cl2N2O2. The number of halogens is 2. The number of rotatable bonds is 3. The summed E-state index contributed by atoms with van der Waals surface area (Å²) in [5.41, 5.74) is 2.41. The van der Waals surface area contributed by atoms with Gasteiger partial charge in [0.2, 0.25) is 0 Å². The molecule has 0 fully saturated rings. The van der Waals surface area contributed by atoms with Gasteiger partial charge in [0.25, 0.3) is 0 Å². The van der Waals surface area contributed by atoms with Crippen LogP contribution in [-0.2, 0) is 16.1 Å². The molecule has 0 atom stereocenters. The Kier molecular flexibility index (Phi) is 5.41. The van der Waals surface area contributed by atoms with E-state index in [0.29, 0.717) is 22.3 Å². The van der Waals surface area contributed by atoms with Gasteiger partial charge in [-0.05, 0) is 36.2 Å². The fourth-order valence-electron chi connectivity index (χ4n) is 1.83. The van der Waals surface area contributed by atoms with E-state index in [1.165, 1.54) is 6.07 Å². The third-order valence-corrected chi connectivity index (χ3v) is 3.82. The lowest BCUT2D eigenvalue weighted by atomic mass is 10.1. The highest BCUT2D eigenvalue weighted by Gasteiger charge is 2.14. The summed E-state index contributed by atoms with van der Waals surface area (Å²) in [6.07, 6.45) is 0. The van der Waals surface area contributed by atoms with Crippen molar-refractivity contribution in [3.8, 4) is 0 Å². The molecule has 0 heterocycles. The highest BCUT2D eigenvalue weighted by molar-refractivity contribution is 6.42. The van der Waals surface area contributed by atoms with Crippen LogP contribution < -0.4 is 10.6 Å². The van der Waals surface area contributed by atoms with Crippen molar-refractivity contribution < 1.29 is 9.59 Å². The standard InChI is InChI=1S/C16H14Cl2N2O2/c1-10-4-2-3-5-11(10)9-19-15(21)16(22)20-12-6-7-13(17)14(18)8-12/h2-8H,9H2,1H3,(H,19,21)(H,20,22). The zero-order valence-electron chi connectivity index (χ0n) is 11.8. The highest BCUT2D eigenvalue weighted by Crippen LogP contribution is 2.24. The summed E-state index contributed by atoms with van der Waals surface area (Å²) in [4.78, 5) is 23.6. The number of carbonyl (C=O) groups is 2. The molecule has 0 aliphatic heterocycles. The molecule has 114 valence electrons. The predicted octanol–water partition coefficient (Wildman–Crippen LogP) is 3.56. The van der Waals surface area contributed by atoms with E-state index in [1.807, 2.05) is 31.2 Å². The van der Waals surface area contributed by atoms with Crippen LogP contribution in [0.25, 0.3) is 0 Å². The predicted molar refractivity (Wildman–Crippen MR) is 88.1 cm³/mol. The van der Waals surface area contributed by atoms with Crippen LogP contribution >= 0.6 is 23.2 Å². The largest absolute Gasteiger partial charge is 0.344 e. The number of benzene rings is 2. The molecule has 6 heteroatoms. The van der Waals surface area contributed by atoms with E-state index in [9.17, 15) is 9.59 Å². The Morgan fingerprint density at radius 3 is 2.41 bits per heavy atom. The lowest BCUT2D eigenvalue weighted by molar-refractivity contribution is -0.136. The fraction of sp³-hybridized carbons (Fsp3) is 0.125. The molecule has 2 aromatic carbocycles. The molecule has 0 aromatic heterocycles. The van der Waals surface area contributed by atoms with Crippen LogP contribution in [0.5, 0.6) is 0 Å². The highest BCUT2D eigenvalue weighted by atomic mass is 35.5. The van der Waals surface area contributed by atoms with Crippen LogP contribution in [-0.4, -0.2) is 11.8 Å². The first-order valence-corrected chi connectivity index (χ1v) is 7.31. The van der Waals surface area contributed by atoms with Gasteiger partial charge in [0.05, 0.1) is 10.0 Å². The van der Waals surface area contributed by atoms with Crippen molar-refractivity contribution in [2.24, 2.45) is 0 Å². The van der Waals surface area contributed by atoms with E-state index >= 15 is 0 Å². The summed E-state index contributed by atoms with van der Waals surface area (Å²) in [7, 11) is 0. The molecule has 0 spiro atoms. The van der Waals surface area contributed by atoms with Gasteiger partial charge in [-0.3, -0.25) is 9.59 Å². The van der Waals surface area contributed by atoms with E-state index in [2.05, 4.69) is 10.6 Å². The minimum Gasteiger partial charge on any atom is -0.344 e. The van der Waals surface area contributed by atoms with E-state index in [1.54, 1.807) is 12.1 Å². The Labute approximate surface area is 138 Å². The van der Waals surface area contributed by atoms with Crippen LogP contribution in [0.4, 0.5) is 5.69 Å². The van der Waals surface area contributed by atoms with Crippen molar-refractivity contribution in [3.05, 3.63) is 63.6 Å². The average Bonchev–Trinajstić information content (AvgIpc) is 2.50. The maximum absolute atomic E-state index is 11.8. The molecule has 2 aromatic rings. The zero-order chi connectivity index (χ0) is 16.1. The van der Waals surface area contributed by atoms with Crippen molar-refractivity contribution in [1.82, 2.24) is 5.32 Å². The molecule has 2 N–H and O–H groups in total. The van der Waals surface area contributed by atoms with Gasteiger partial charge in [-0.2, -0.15) is 0 Å². The molecular weight excluding hydrogens is 323 g/mol. The Morgan fingerprint density at radius 2 is 1.73 bits per heavy atom. The average molecular weight is 337 g/mol.